The van der Waals surface area contributed by atoms with Crippen LogP contribution in [0, 0.1) is 7.14 Å². The zero-order chi connectivity index (χ0) is 21.8. The molecule has 3 aromatic rings. The van der Waals surface area contributed by atoms with E-state index < -0.39 is 12.0 Å². The molecular weight excluding hydrogens is 612 g/mol. The average molecular weight is 631 g/mol. The van der Waals surface area contributed by atoms with E-state index in [-0.39, 0.29) is 17.9 Å². The van der Waals surface area contributed by atoms with Gasteiger partial charge in [-0.1, -0.05) is 12.1 Å². The summed E-state index contributed by atoms with van der Waals surface area (Å²) in [5.41, 5.74) is 8.11. The fourth-order valence-electron chi connectivity index (χ4n) is 2.89. The van der Waals surface area contributed by atoms with Crippen molar-refractivity contribution in [3.63, 3.8) is 0 Å². The van der Waals surface area contributed by atoms with Crippen molar-refractivity contribution in [3.8, 4) is 23.0 Å². The molecule has 30 heavy (non-hydrogen) atoms. The van der Waals surface area contributed by atoms with Crippen molar-refractivity contribution >= 4 is 51.2 Å². The van der Waals surface area contributed by atoms with Crippen LogP contribution >= 0.6 is 45.2 Å². The number of phenolic OH excluding ortho intramolecular Hbond substituents is 2. The summed E-state index contributed by atoms with van der Waals surface area (Å²) in [4.78, 5) is 11.0. The molecule has 0 bridgehead atoms. The largest absolute Gasteiger partial charge is 0.508 e. The number of aromatic hydroxyl groups is 2. The third kappa shape index (κ3) is 5.76. The highest BCUT2D eigenvalue weighted by atomic mass is 127. The first-order valence-corrected chi connectivity index (χ1v) is 11.1. The maximum atomic E-state index is 11.0. The SMILES string of the molecule is N[C@H](Cc1cc(I)c(Oc2ccc(O)c(Cc3ccc(O)cc3)c2)c(I)c1)C(=O)O. The number of rotatable bonds is 7. The Labute approximate surface area is 201 Å². The predicted octanol–water partition coefficient (Wildman–Crippen LogP) is 4.64. The molecule has 0 fully saturated rings. The van der Waals surface area contributed by atoms with Gasteiger partial charge in [-0.25, -0.2) is 0 Å². The smallest absolute Gasteiger partial charge is 0.320 e. The zero-order valence-corrected chi connectivity index (χ0v) is 20.0. The monoisotopic (exact) mass is 631 g/mol. The minimum atomic E-state index is -1.04. The number of nitrogens with two attached hydrogens (primary N) is 1. The second-order valence-electron chi connectivity index (χ2n) is 6.77. The second kappa shape index (κ2) is 9.84. The molecule has 0 aliphatic heterocycles. The van der Waals surface area contributed by atoms with Crippen LogP contribution in [-0.4, -0.2) is 27.3 Å². The van der Waals surface area contributed by atoms with Gasteiger partial charge < -0.3 is 25.8 Å². The molecule has 3 aromatic carbocycles. The zero-order valence-electron chi connectivity index (χ0n) is 15.7. The Hall–Kier alpha value is -2.05. The third-order valence-corrected chi connectivity index (χ3v) is 6.04. The minimum Gasteiger partial charge on any atom is -0.508 e. The normalized spacial score (nSPS) is 11.8. The van der Waals surface area contributed by atoms with Crippen molar-refractivity contribution in [1.29, 1.82) is 0 Å². The van der Waals surface area contributed by atoms with Gasteiger partial charge in [-0.05, 0) is 105 Å². The van der Waals surface area contributed by atoms with Gasteiger partial charge in [0.25, 0.3) is 0 Å². The Bertz CT molecular complexity index is 1050. The molecule has 6 nitrogen and oxygen atoms in total. The highest BCUT2D eigenvalue weighted by molar-refractivity contribution is 14.1. The molecule has 0 aliphatic carbocycles. The molecule has 0 aromatic heterocycles. The molecule has 0 radical (unpaired) electrons. The van der Waals surface area contributed by atoms with Gasteiger partial charge in [-0.3, -0.25) is 4.79 Å². The van der Waals surface area contributed by atoms with Crippen molar-refractivity contribution < 1.29 is 24.9 Å². The summed E-state index contributed by atoms with van der Waals surface area (Å²) in [5, 5.41) is 28.7. The lowest BCUT2D eigenvalue weighted by atomic mass is 10.0. The number of benzene rings is 3. The molecule has 0 saturated heterocycles. The van der Waals surface area contributed by atoms with Crippen molar-refractivity contribution in [2.75, 3.05) is 0 Å². The maximum absolute atomic E-state index is 11.0. The van der Waals surface area contributed by atoms with Crippen molar-refractivity contribution in [3.05, 3.63) is 78.4 Å². The minimum absolute atomic E-state index is 0.165. The molecule has 0 spiro atoms. The average Bonchev–Trinajstić information content (AvgIpc) is 2.68. The summed E-state index contributed by atoms with van der Waals surface area (Å²) in [5.74, 6) is 0.554. The fraction of sp³-hybridized carbons (Fsp3) is 0.136. The molecule has 156 valence electrons. The van der Waals surface area contributed by atoms with E-state index in [2.05, 4.69) is 45.2 Å². The lowest BCUT2D eigenvalue weighted by Gasteiger charge is -2.14. The summed E-state index contributed by atoms with van der Waals surface area (Å²) in [7, 11) is 0. The molecule has 0 unspecified atom stereocenters. The van der Waals surface area contributed by atoms with E-state index in [1.807, 2.05) is 12.1 Å². The summed E-state index contributed by atoms with van der Waals surface area (Å²) < 4.78 is 7.75. The predicted molar refractivity (Wildman–Crippen MR) is 130 cm³/mol. The van der Waals surface area contributed by atoms with Crippen LogP contribution in [0.1, 0.15) is 16.7 Å². The number of aliphatic carboxylic acids is 1. The first-order valence-electron chi connectivity index (χ1n) is 8.97. The summed E-state index contributed by atoms with van der Waals surface area (Å²) in [6.07, 6.45) is 0.723. The second-order valence-corrected chi connectivity index (χ2v) is 9.10. The van der Waals surface area contributed by atoms with Gasteiger partial charge in [0.1, 0.15) is 23.3 Å². The van der Waals surface area contributed by atoms with Gasteiger partial charge in [0.2, 0.25) is 0 Å². The first kappa shape index (κ1) is 22.6. The van der Waals surface area contributed by atoms with E-state index in [4.69, 9.17) is 15.6 Å². The van der Waals surface area contributed by atoms with E-state index in [0.717, 1.165) is 18.3 Å². The van der Waals surface area contributed by atoms with Crippen LogP contribution < -0.4 is 10.5 Å². The molecule has 0 aliphatic rings. The Balaban J connectivity index is 1.82. The lowest BCUT2D eigenvalue weighted by Crippen LogP contribution is -2.32. The maximum Gasteiger partial charge on any atom is 0.320 e. The van der Waals surface area contributed by atoms with Crippen molar-refractivity contribution in [2.45, 2.75) is 18.9 Å². The third-order valence-electron chi connectivity index (χ3n) is 4.43. The number of carboxylic acid groups (broad SMARTS) is 1. The Kier molecular flexibility index (Phi) is 7.42. The summed E-state index contributed by atoms with van der Waals surface area (Å²) in [6, 6.07) is 14.6. The highest BCUT2D eigenvalue weighted by Gasteiger charge is 2.16. The molecule has 0 saturated carbocycles. The Morgan fingerprint density at radius 1 is 0.967 bits per heavy atom. The lowest BCUT2D eigenvalue weighted by molar-refractivity contribution is -0.138. The number of hydrogen-bond donors (Lipinski definition) is 4. The fourth-order valence-corrected chi connectivity index (χ4v) is 5.00. The van der Waals surface area contributed by atoms with Crippen molar-refractivity contribution in [2.24, 2.45) is 5.73 Å². The number of phenols is 2. The van der Waals surface area contributed by atoms with Crippen LogP contribution in [0.5, 0.6) is 23.0 Å². The standard InChI is InChI=1S/C22H19I2NO5/c23-17-8-13(10-19(25)22(28)29)9-18(24)21(17)30-16-5-6-20(27)14(11-16)7-12-1-3-15(26)4-2-12/h1-6,8-9,11,19,26-27H,7,10,25H2,(H,28,29)/t19-/m1/s1. The number of carbonyl (C=O) groups is 1. The number of carboxylic acids is 1. The quantitative estimate of drug-likeness (QED) is 0.283. The Morgan fingerprint density at radius 3 is 2.20 bits per heavy atom. The van der Waals surface area contributed by atoms with Gasteiger partial charge in [0.05, 0.1) is 7.14 Å². The van der Waals surface area contributed by atoms with Crippen LogP contribution in [0.3, 0.4) is 0 Å². The molecule has 8 heteroatoms. The highest BCUT2D eigenvalue weighted by Crippen LogP contribution is 2.35. The van der Waals surface area contributed by atoms with Crippen LogP contribution in [0.2, 0.25) is 0 Å². The van der Waals surface area contributed by atoms with Gasteiger partial charge in [0.15, 0.2) is 5.75 Å². The van der Waals surface area contributed by atoms with Crippen LogP contribution in [0.25, 0.3) is 0 Å². The molecule has 0 amide bonds. The molecule has 0 heterocycles. The topological polar surface area (TPSA) is 113 Å². The van der Waals surface area contributed by atoms with Gasteiger partial charge in [0, 0.05) is 12.0 Å². The summed E-state index contributed by atoms with van der Waals surface area (Å²) >= 11 is 4.30. The van der Waals surface area contributed by atoms with Gasteiger partial charge in [-0.2, -0.15) is 0 Å². The summed E-state index contributed by atoms with van der Waals surface area (Å²) in [6.45, 7) is 0. The van der Waals surface area contributed by atoms with Crippen LogP contribution in [-0.2, 0) is 17.6 Å². The number of hydrogen-bond acceptors (Lipinski definition) is 5. The van der Waals surface area contributed by atoms with E-state index in [1.54, 1.807) is 42.5 Å². The van der Waals surface area contributed by atoms with E-state index in [9.17, 15) is 15.0 Å². The molecule has 5 N–H and O–H groups in total. The molecular formula is C22H19I2NO5. The first-order chi connectivity index (χ1) is 14.2. The molecule has 1 atom stereocenters. The number of ether oxygens (including phenoxy) is 1. The van der Waals surface area contributed by atoms with E-state index in [0.29, 0.717) is 23.5 Å². The van der Waals surface area contributed by atoms with Crippen LogP contribution in [0.15, 0.2) is 54.6 Å². The van der Waals surface area contributed by atoms with E-state index >= 15 is 0 Å². The number of halogens is 2. The van der Waals surface area contributed by atoms with Crippen LogP contribution in [0.4, 0.5) is 0 Å². The van der Waals surface area contributed by atoms with Gasteiger partial charge in [-0.15, -0.1) is 0 Å². The molecule has 3 rings (SSSR count). The van der Waals surface area contributed by atoms with Crippen molar-refractivity contribution in [1.82, 2.24) is 0 Å². The van der Waals surface area contributed by atoms with E-state index in [1.165, 1.54) is 0 Å². The van der Waals surface area contributed by atoms with Gasteiger partial charge >= 0.3 is 5.97 Å². The Morgan fingerprint density at radius 2 is 1.60 bits per heavy atom.